The Morgan fingerprint density at radius 2 is 2.36 bits per heavy atom. The highest BCUT2D eigenvalue weighted by Crippen LogP contribution is 2.40. The average Bonchev–Trinajstić information content (AvgIpc) is 2.83. The lowest BCUT2D eigenvalue weighted by Gasteiger charge is -2.28. The van der Waals surface area contributed by atoms with Crippen LogP contribution in [-0.2, 0) is 0 Å². The molecule has 1 heterocycles. The van der Waals surface area contributed by atoms with E-state index in [1.807, 2.05) is 4.90 Å². The molecule has 1 saturated carbocycles. The summed E-state index contributed by atoms with van der Waals surface area (Å²) < 4.78 is 0. The summed E-state index contributed by atoms with van der Waals surface area (Å²) in [6, 6.07) is 0.713. The van der Waals surface area contributed by atoms with Gasteiger partial charge in [-0.15, -0.1) is 0 Å². The molecular weight excluding hydrogens is 176 g/mol. The molecule has 1 N–H and O–H groups in total. The van der Waals surface area contributed by atoms with E-state index in [4.69, 9.17) is 0 Å². The van der Waals surface area contributed by atoms with Crippen molar-refractivity contribution in [1.82, 2.24) is 10.2 Å². The van der Waals surface area contributed by atoms with Gasteiger partial charge in [0.1, 0.15) is 0 Å². The summed E-state index contributed by atoms with van der Waals surface area (Å²) in [5.41, 5.74) is 0. The van der Waals surface area contributed by atoms with Crippen LogP contribution < -0.4 is 5.32 Å². The molecule has 3 nitrogen and oxygen atoms in total. The van der Waals surface area contributed by atoms with Crippen molar-refractivity contribution in [3.63, 3.8) is 0 Å². The topological polar surface area (TPSA) is 32.3 Å². The molecule has 2 aliphatic rings. The fourth-order valence-corrected chi connectivity index (χ4v) is 2.44. The number of urea groups is 1. The monoisotopic (exact) mass is 196 g/mol. The Bertz CT molecular complexity index is 227. The van der Waals surface area contributed by atoms with Gasteiger partial charge in [-0.2, -0.15) is 0 Å². The number of hydrogen-bond donors (Lipinski definition) is 1. The fourth-order valence-electron chi connectivity index (χ4n) is 2.44. The van der Waals surface area contributed by atoms with Gasteiger partial charge in [0.15, 0.2) is 0 Å². The molecule has 2 unspecified atom stereocenters. The van der Waals surface area contributed by atoms with E-state index >= 15 is 0 Å². The van der Waals surface area contributed by atoms with E-state index in [0.717, 1.165) is 31.3 Å². The molecule has 0 aromatic rings. The number of rotatable bonds is 3. The first-order valence-corrected chi connectivity index (χ1v) is 5.73. The SMILES string of the molecule is CC(C)CC1CC1N1CCCNC1=O. The lowest BCUT2D eigenvalue weighted by Crippen LogP contribution is -2.47. The molecule has 2 amide bonds. The van der Waals surface area contributed by atoms with Crippen LogP contribution in [0.3, 0.4) is 0 Å². The molecule has 14 heavy (non-hydrogen) atoms. The van der Waals surface area contributed by atoms with Gasteiger partial charge in [0.25, 0.3) is 0 Å². The van der Waals surface area contributed by atoms with Gasteiger partial charge in [-0.1, -0.05) is 13.8 Å². The van der Waals surface area contributed by atoms with Crippen LogP contribution in [0.15, 0.2) is 0 Å². The standard InChI is InChI=1S/C11H20N2O/c1-8(2)6-9-7-10(9)13-5-3-4-12-11(13)14/h8-10H,3-7H2,1-2H3,(H,12,14). The van der Waals surface area contributed by atoms with Crippen LogP contribution in [0, 0.1) is 11.8 Å². The van der Waals surface area contributed by atoms with Crippen molar-refractivity contribution < 1.29 is 4.79 Å². The van der Waals surface area contributed by atoms with Gasteiger partial charge >= 0.3 is 6.03 Å². The van der Waals surface area contributed by atoms with Crippen molar-refractivity contribution in [2.24, 2.45) is 11.8 Å². The molecule has 80 valence electrons. The van der Waals surface area contributed by atoms with Crippen LogP contribution in [0.25, 0.3) is 0 Å². The van der Waals surface area contributed by atoms with E-state index in [1.54, 1.807) is 0 Å². The second-order valence-corrected chi connectivity index (χ2v) is 4.97. The summed E-state index contributed by atoms with van der Waals surface area (Å²) in [5.74, 6) is 1.54. The molecule has 0 aromatic carbocycles. The van der Waals surface area contributed by atoms with Gasteiger partial charge in [-0.25, -0.2) is 4.79 Å². The predicted octanol–water partition coefficient (Wildman–Crippen LogP) is 1.84. The van der Waals surface area contributed by atoms with Gasteiger partial charge in [0.2, 0.25) is 0 Å². The third-order valence-corrected chi connectivity index (χ3v) is 3.17. The van der Waals surface area contributed by atoms with Crippen LogP contribution in [0.4, 0.5) is 4.79 Å². The lowest BCUT2D eigenvalue weighted by atomic mass is 10.1. The Kier molecular flexibility index (Phi) is 2.66. The first kappa shape index (κ1) is 9.81. The van der Waals surface area contributed by atoms with Crippen LogP contribution in [0.2, 0.25) is 0 Å². The Morgan fingerprint density at radius 3 is 3.00 bits per heavy atom. The van der Waals surface area contributed by atoms with Crippen LogP contribution in [0.1, 0.15) is 33.1 Å². The number of nitrogens with zero attached hydrogens (tertiary/aromatic N) is 1. The van der Waals surface area contributed by atoms with Crippen molar-refractivity contribution in [2.45, 2.75) is 39.2 Å². The number of amides is 2. The minimum atomic E-state index is 0.160. The predicted molar refractivity (Wildman–Crippen MR) is 56.1 cm³/mol. The molecule has 0 aromatic heterocycles. The summed E-state index contributed by atoms with van der Waals surface area (Å²) in [6.45, 7) is 6.33. The van der Waals surface area contributed by atoms with Gasteiger partial charge in [-0.05, 0) is 31.1 Å². The summed E-state index contributed by atoms with van der Waals surface area (Å²) >= 11 is 0. The van der Waals surface area contributed by atoms with Crippen molar-refractivity contribution in [3.8, 4) is 0 Å². The second kappa shape index (κ2) is 3.79. The second-order valence-electron chi connectivity index (χ2n) is 4.97. The molecule has 1 aliphatic carbocycles. The zero-order valence-electron chi connectivity index (χ0n) is 9.12. The molecule has 2 rings (SSSR count). The smallest absolute Gasteiger partial charge is 0.317 e. The van der Waals surface area contributed by atoms with Gasteiger partial charge in [0.05, 0.1) is 0 Å². The zero-order valence-corrected chi connectivity index (χ0v) is 9.12. The molecule has 0 spiro atoms. The number of hydrogen-bond acceptors (Lipinski definition) is 1. The van der Waals surface area contributed by atoms with E-state index in [9.17, 15) is 4.79 Å². The van der Waals surface area contributed by atoms with E-state index in [-0.39, 0.29) is 6.03 Å². The summed E-state index contributed by atoms with van der Waals surface area (Å²) in [6.07, 6.45) is 3.61. The highest BCUT2D eigenvalue weighted by molar-refractivity contribution is 5.75. The Hall–Kier alpha value is -0.730. The van der Waals surface area contributed by atoms with Crippen molar-refractivity contribution in [3.05, 3.63) is 0 Å². The minimum absolute atomic E-state index is 0.160. The molecule has 0 radical (unpaired) electrons. The maximum Gasteiger partial charge on any atom is 0.317 e. The Morgan fingerprint density at radius 1 is 1.57 bits per heavy atom. The molecular formula is C11H20N2O. The van der Waals surface area contributed by atoms with Gasteiger partial charge in [0, 0.05) is 19.1 Å². The lowest BCUT2D eigenvalue weighted by molar-refractivity contribution is 0.179. The highest BCUT2D eigenvalue weighted by atomic mass is 16.2. The van der Waals surface area contributed by atoms with Crippen LogP contribution in [0.5, 0.6) is 0 Å². The highest BCUT2D eigenvalue weighted by Gasteiger charge is 2.44. The van der Waals surface area contributed by atoms with E-state index in [2.05, 4.69) is 19.2 Å². The van der Waals surface area contributed by atoms with E-state index < -0.39 is 0 Å². The minimum Gasteiger partial charge on any atom is -0.338 e. The van der Waals surface area contributed by atoms with Crippen LogP contribution in [-0.4, -0.2) is 30.1 Å². The molecule has 3 heteroatoms. The summed E-state index contributed by atoms with van der Waals surface area (Å²) in [7, 11) is 0. The largest absolute Gasteiger partial charge is 0.338 e. The van der Waals surface area contributed by atoms with Crippen molar-refractivity contribution in [1.29, 1.82) is 0 Å². The normalized spacial score (nSPS) is 31.9. The van der Waals surface area contributed by atoms with Crippen molar-refractivity contribution >= 4 is 6.03 Å². The third kappa shape index (κ3) is 2.02. The third-order valence-electron chi connectivity index (χ3n) is 3.17. The summed E-state index contributed by atoms with van der Waals surface area (Å²) in [4.78, 5) is 13.6. The number of carbonyl (C=O) groups excluding carboxylic acids is 1. The first-order chi connectivity index (χ1) is 6.68. The van der Waals surface area contributed by atoms with E-state index in [1.165, 1.54) is 12.8 Å². The molecule has 1 aliphatic heterocycles. The molecule has 2 fully saturated rings. The average molecular weight is 196 g/mol. The molecule has 1 saturated heterocycles. The van der Waals surface area contributed by atoms with E-state index in [0.29, 0.717) is 6.04 Å². The maximum absolute atomic E-state index is 11.5. The maximum atomic E-state index is 11.5. The first-order valence-electron chi connectivity index (χ1n) is 5.73. The number of nitrogens with one attached hydrogen (secondary N) is 1. The van der Waals surface area contributed by atoms with Gasteiger partial charge < -0.3 is 10.2 Å². The van der Waals surface area contributed by atoms with Gasteiger partial charge in [-0.3, -0.25) is 0 Å². The zero-order chi connectivity index (χ0) is 10.1. The Balaban J connectivity index is 1.82. The fraction of sp³-hybridized carbons (Fsp3) is 0.909. The quantitative estimate of drug-likeness (QED) is 0.734. The summed E-state index contributed by atoms with van der Waals surface area (Å²) in [5, 5.41) is 2.91. The van der Waals surface area contributed by atoms with Crippen LogP contribution >= 0.6 is 0 Å². The molecule has 2 atom stereocenters. The molecule has 0 bridgehead atoms. The Labute approximate surface area is 85.8 Å². The van der Waals surface area contributed by atoms with Crippen molar-refractivity contribution in [2.75, 3.05) is 13.1 Å². The number of carbonyl (C=O) groups is 1.